The molecule has 1 heterocycles. The van der Waals surface area contributed by atoms with Gasteiger partial charge in [0.25, 0.3) is 0 Å². The highest BCUT2D eigenvalue weighted by atomic mass is 16.7. The van der Waals surface area contributed by atoms with Crippen LogP contribution in [0.1, 0.15) is 31.2 Å². The summed E-state index contributed by atoms with van der Waals surface area (Å²) in [5.74, 6) is 0.610. The van der Waals surface area contributed by atoms with Crippen LogP contribution < -0.4 is 20.1 Å². The summed E-state index contributed by atoms with van der Waals surface area (Å²) in [6.07, 6.45) is 4.21. The molecule has 0 spiro atoms. The first-order chi connectivity index (χ1) is 11.7. The van der Waals surface area contributed by atoms with Crippen molar-refractivity contribution in [3.63, 3.8) is 0 Å². The maximum atomic E-state index is 12.1. The van der Waals surface area contributed by atoms with Gasteiger partial charge >= 0.3 is 0 Å². The quantitative estimate of drug-likeness (QED) is 0.704. The largest absolute Gasteiger partial charge is 0.454 e. The van der Waals surface area contributed by atoms with Crippen molar-refractivity contribution in [1.82, 2.24) is 10.6 Å². The van der Waals surface area contributed by atoms with Gasteiger partial charge in [-0.1, -0.05) is 18.9 Å². The molecule has 130 valence electrons. The van der Waals surface area contributed by atoms with E-state index >= 15 is 0 Å². The number of hydrogen-bond acceptors (Lipinski definition) is 5. The number of carbonyl (C=O) groups excluding carboxylic acids is 2. The van der Waals surface area contributed by atoms with Crippen molar-refractivity contribution in [2.45, 2.75) is 44.2 Å². The molecular weight excluding hydrogens is 312 g/mol. The van der Waals surface area contributed by atoms with Gasteiger partial charge in [-0.05, 0) is 30.5 Å². The number of ether oxygens (including phenoxy) is 2. The average Bonchev–Trinajstić information content (AvgIpc) is 3.23. The Labute approximate surface area is 140 Å². The molecule has 1 aliphatic heterocycles. The van der Waals surface area contributed by atoms with E-state index in [-0.39, 0.29) is 31.1 Å². The third-order valence-electron chi connectivity index (χ3n) is 4.34. The van der Waals surface area contributed by atoms with Gasteiger partial charge < -0.3 is 25.2 Å². The third-order valence-corrected chi connectivity index (χ3v) is 4.34. The lowest BCUT2D eigenvalue weighted by atomic mass is 10.1. The molecule has 24 heavy (non-hydrogen) atoms. The van der Waals surface area contributed by atoms with E-state index in [1.54, 1.807) is 18.2 Å². The van der Waals surface area contributed by atoms with E-state index in [4.69, 9.17) is 9.47 Å². The molecule has 0 radical (unpaired) electrons. The Morgan fingerprint density at radius 2 is 1.96 bits per heavy atom. The lowest BCUT2D eigenvalue weighted by Crippen LogP contribution is -2.51. The predicted molar refractivity (Wildman–Crippen MR) is 85.7 cm³/mol. The normalized spacial score (nSPS) is 17.5. The smallest absolute Gasteiger partial charge is 0.245 e. The number of benzene rings is 1. The monoisotopic (exact) mass is 334 g/mol. The summed E-state index contributed by atoms with van der Waals surface area (Å²) in [6, 6.07) is 4.50. The number of nitrogens with one attached hydrogen (secondary N) is 2. The second kappa shape index (κ2) is 7.53. The van der Waals surface area contributed by atoms with Crippen molar-refractivity contribution in [2.75, 3.05) is 13.4 Å². The lowest BCUT2D eigenvalue weighted by molar-refractivity contribution is -0.130. The van der Waals surface area contributed by atoms with Gasteiger partial charge in [0.2, 0.25) is 18.6 Å². The molecule has 3 N–H and O–H groups in total. The van der Waals surface area contributed by atoms with Gasteiger partial charge in [-0.2, -0.15) is 0 Å². The zero-order valence-electron chi connectivity index (χ0n) is 13.4. The van der Waals surface area contributed by atoms with Crippen molar-refractivity contribution in [2.24, 2.45) is 0 Å². The van der Waals surface area contributed by atoms with Gasteiger partial charge in [0.05, 0.1) is 13.0 Å². The van der Waals surface area contributed by atoms with E-state index in [2.05, 4.69) is 10.6 Å². The number of aliphatic hydroxyl groups excluding tert-OH is 1. The maximum absolute atomic E-state index is 12.1. The van der Waals surface area contributed by atoms with Crippen LogP contribution in [-0.2, 0) is 16.0 Å². The van der Waals surface area contributed by atoms with Gasteiger partial charge in [0.1, 0.15) is 6.04 Å². The van der Waals surface area contributed by atoms with E-state index in [0.29, 0.717) is 11.5 Å². The fourth-order valence-corrected chi connectivity index (χ4v) is 3.05. The summed E-state index contributed by atoms with van der Waals surface area (Å²) in [7, 11) is 0. The van der Waals surface area contributed by atoms with Gasteiger partial charge in [0, 0.05) is 6.04 Å². The molecule has 1 aliphatic carbocycles. The Morgan fingerprint density at radius 1 is 1.21 bits per heavy atom. The van der Waals surface area contributed by atoms with Crippen LogP contribution in [0.2, 0.25) is 0 Å². The number of carbonyl (C=O) groups is 2. The highest BCUT2D eigenvalue weighted by Crippen LogP contribution is 2.32. The van der Waals surface area contributed by atoms with Crippen molar-refractivity contribution >= 4 is 11.8 Å². The first kappa shape index (κ1) is 16.6. The second-order valence-corrected chi connectivity index (χ2v) is 6.16. The SMILES string of the molecule is O=C(Cc1ccc2c(c1)OCO2)NC(CO)C(=O)NC1CCCC1. The van der Waals surface area contributed by atoms with E-state index in [0.717, 1.165) is 31.2 Å². The summed E-state index contributed by atoms with van der Waals surface area (Å²) < 4.78 is 10.5. The van der Waals surface area contributed by atoms with Gasteiger partial charge in [-0.25, -0.2) is 0 Å². The van der Waals surface area contributed by atoms with E-state index in [1.165, 1.54) is 0 Å². The summed E-state index contributed by atoms with van der Waals surface area (Å²) in [5.41, 5.74) is 0.754. The Balaban J connectivity index is 1.53. The van der Waals surface area contributed by atoms with Crippen LogP contribution in [0.15, 0.2) is 18.2 Å². The van der Waals surface area contributed by atoms with Crippen LogP contribution in [0, 0.1) is 0 Å². The predicted octanol–water partition coefficient (Wildman–Crippen LogP) is 0.494. The fourth-order valence-electron chi connectivity index (χ4n) is 3.05. The molecule has 0 bridgehead atoms. The molecule has 7 heteroatoms. The number of amides is 2. The van der Waals surface area contributed by atoms with Crippen molar-refractivity contribution in [3.8, 4) is 11.5 Å². The van der Waals surface area contributed by atoms with Crippen LogP contribution in [0.4, 0.5) is 0 Å². The number of rotatable bonds is 6. The maximum Gasteiger partial charge on any atom is 0.245 e. The van der Waals surface area contributed by atoms with Crippen LogP contribution in [0.3, 0.4) is 0 Å². The highest BCUT2D eigenvalue weighted by molar-refractivity contribution is 5.88. The Morgan fingerprint density at radius 3 is 2.71 bits per heavy atom. The highest BCUT2D eigenvalue weighted by Gasteiger charge is 2.24. The summed E-state index contributed by atoms with van der Waals surface area (Å²) in [5, 5.41) is 14.9. The molecular formula is C17H22N2O5. The minimum atomic E-state index is -0.924. The number of fused-ring (bicyclic) bond motifs is 1. The van der Waals surface area contributed by atoms with Gasteiger partial charge in [0.15, 0.2) is 11.5 Å². The first-order valence-corrected chi connectivity index (χ1v) is 8.25. The average molecular weight is 334 g/mol. The Hall–Kier alpha value is -2.28. The molecule has 1 aromatic rings. The van der Waals surface area contributed by atoms with Crippen molar-refractivity contribution in [3.05, 3.63) is 23.8 Å². The summed E-state index contributed by atoms with van der Waals surface area (Å²) >= 11 is 0. The van der Waals surface area contributed by atoms with Crippen molar-refractivity contribution < 1.29 is 24.2 Å². The minimum Gasteiger partial charge on any atom is -0.454 e. The molecule has 1 fully saturated rings. The summed E-state index contributed by atoms with van der Waals surface area (Å²) in [4.78, 5) is 24.3. The second-order valence-electron chi connectivity index (χ2n) is 6.16. The van der Waals surface area contributed by atoms with Crippen LogP contribution in [-0.4, -0.2) is 42.4 Å². The molecule has 2 amide bonds. The molecule has 0 aromatic heterocycles. The van der Waals surface area contributed by atoms with Crippen LogP contribution >= 0.6 is 0 Å². The fraction of sp³-hybridized carbons (Fsp3) is 0.529. The third kappa shape index (κ3) is 3.97. The number of hydrogen-bond donors (Lipinski definition) is 3. The summed E-state index contributed by atoms with van der Waals surface area (Å²) in [6.45, 7) is -0.246. The lowest BCUT2D eigenvalue weighted by Gasteiger charge is -2.19. The molecule has 3 rings (SSSR count). The standard InChI is InChI=1S/C17H22N2O5/c20-9-13(17(22)18-12-3-1-2-4-12)19-16(21)8-11-5-6-14-15(7-11)24-10-23-14/h5-7,12-13,20H,1-4,8-10H2,(H,18,22)(H,19,21). The van der Waals surface area contributed by atoms with E-state index in [1.807, 2.05) is 0 Å². The molecule has 1 saturated carbocycles. The zero-order valence-corrected chi connectivity index (χ0v) is 13.4. The van der Waals surface area contributed by atoms with E-state index < -0.39 is 12.6 Å². The van der Waals surface area contributed by atoms with Crippen molar-refractivity contribution in [1.29, 1.82) is 0 Å². The zero-order chi connectivity index (χ0) is 16.9. The Kier molecular flexibility index (Phi) is 5.20. The first-order valence-electron chi connectivity index (χ1n) is 8.25. The van der Waals surface area contributed by atoms with Crippen LogP contribution in [0.25, 0.3) is 0 Å². The molecule has 0 saturated heterocycles. The topological polar surface area (TPSA) is 96.9 Å². The van der Waals surface area contributed by atoms with Gasteiger partial charge in [-0.15, -0.1) is 0 Å². The Bertz CT molecular complexity index is 613. The van der Waals surface area contributed by atoms with Gasteiger partial charge in [-0.3, -0.25) is 9.59 Å². The molecule has 2 aliphatic rings. The van der Waals surface area contributed by atoms with Crippen LogP contribution in [0.5, 0.6) is 11.5 Å². The molecule has 1 aromatic carbocycles. The van der Waals surface area contributed by atoms with E-state index in [9.17, 15) is 14.7 Å². The molecule has 1 atom stereocenters. The number of aliphatic hydroxyl groups is 1. The minimum absolute atomic E-state index is 0.101. The molecule has 7 nitrogen and oxygen atoms in total. The molecule has 1 unspecified atom stereocenters.